The third kappa shape index (κ3) is 3.67. The van der Waals surface area contributed by atoms with Gasteiger partial charge in [-0.25, -0.2) is 0 Å². The fourth-order valence-electron chi connectivity index (χ4n) is 2.57. The van der Waals surface area contributed by atoms with Crippen molar-refractivity contribution < 1.29 is 0 Å². The molecule has 3 rings (SSSR count). The van der Waals surface area contributed by atoms with Crippen LogP contribution in [0.5, 0.6) is 0 Å². The van der Waals surface area contributed by atoms with Crippen LogP contribution in [0.3, 0.4) is 0 Å². The molecule has 0 saturated carbocycles. The highest BCUT2D eigenvalue weighted by Crippen LogP contribution is 2.13. The van der Waals surface area contributed by atoms with Crippen LogP contribution in [0.15, 0.2) is 66.9 Å². The molecule has 0 aliphatic heterocycles. The van der Waals surface area contributed by atoms with Gasteiger partial charge in [0.25, 0.3) is 0 Å². The Morgan fingerprint density at radius 1 is 0.952 bits per heavy atom. The maximum Gasteiger partial charge on any atom is 0.0702 e. The molecule has 0 amide bonds. The normalized spacial score (nSPS) is 12.4. The van der Waals surface area contributed by atoms with E-state index in [4.69, 9.17) is 0 Å². The summed E-state index contributed by atoms with van der Waals surface area (Å²) in [5, 5.41) is 4.79. The highest BCUT2D eigenvalue weighted by atomic mass is 14.9. The van der Waals surface area contributed by atoms with Gasteiger partial charge in [-0.1, -0.05) is 42.5 Å². The lowest BCUT2D eigenvalue weighted by Crippen LogP contribution is -2.27. The number of aromatic nitrogens is 1. The molecule has 106 valence electrons. The van der Waals surface area contributed by atoms with Crippen LogP contribution in [0.1, 0.15) is 18.1 Å². The van der Waals surface area contributed by atoms with Crippen LogP contribution in [0, 0.1) is 0 Å². The van der Waals surface area contributed by atoms with Gasteiger partial charge in [-0.3, -0.25) is 4.98 Å². The summed E-state index contributed by atoms with van der Waals surface area (Å²) >= 11 is 0. The number of rotatable bonds is 5. The molecule has 1 aromatic heterocycles. The molecule has 21 heavy (non-hydrogen) atoms. The molecule has 2 heteroatoms. The Morgan fingerprint density at radius 3 is 2.67 bits per heavy atom. The molecule has 0 saturated heterocycles. The zero-order chi connectivity index (χ0) is 14.5. The first-order valence-corrected chi connectivity index (χ1v) is 7.42. The van der Waals surface area contributed by atoms with E-state index in [9.17, 15) is 0 Å². The summed E-state index contributed by atoms with van der Waals surface area (Å²) in [5.74, 6) is 0. The average molecular weight is 276 g/mol. The van der Waals surface area contributed by atoms with Gasteiger partial charge in [0, 0.05) is 24.2 Å². The smallest absolute Gasteiger partial charge is 0.0702 e. The number of benzene rings is 2. The molecule has 2 nitrogen and oxygen atoms in total. The molecular formula is C19H20N2. The van der Waals surface area contributed by atoms with Crippen LogP contribution >= 0.6 is 0 Å². The number of hydrogen-bond acceptors (Lipinski definition) is 2. The summed E-state index contributed by atoms with van der Waals surface area (Å²) in [6.07, 6.45) is 2.89. The fourth-order valence-corrected chi connectivity index (χ4v) is 2.57. The maximum atomic E-state index is 4.35. The lowest BCUT2D eigenvalue weighted by molar-refractivity contribution is 0.545. The standard InChI is InChI=1S/C19H20N2/c1-15(12-16-6-3-2-4-7-16)21-14-17-9-10-19-18(13-17)8-5-11-20-19/h2-11,13,15,21H,12,14H2,1H3. The summed E-state index contributed by atoms with van der Waals surface area (Å²) in [6.45, 7) is 3.12. The minimum atomic E-state index is 0.456. The van der Waals surface area contributed by atoms with E-state index in [1.165, 1.54) is 16.5 Å². The fraction of sp³-hybridized carbons (Fsp3) is 0.211. The number of fused-ring (bicyclic) bond motifs is 1. The lowest BCUT2D eigenvalue weighted by Gasteiger charge is -2.14. The first-order valence-electron chi connectivity index (χ1n) is 7.42. The van der Waals surface area contributed by atoms with E-state index < -0.39 is 0 Å². The van der Waals surface area contributed by atoms with E-state index >= 15 is 0 Å². The van der Waals surface area contributed by atoms with Crippen molar-refractivity contribution in [3.05, 3.63) is 78.0 Å². The Kier molecular flexibility index (Phi) is 4.27. The second-order valence-electron chi connectivity index (χ2n) is 5.50. The van der Waals surface area contributed by atoms with E-state index in [0.717, 1.165) is 18.5 Å². The van der Waals surface area contributed by atoms with Crippen molar-refractivity contribution in [2.75, 3.05) is 0 Å². The van der Waals surface area contributed by atoms with Crippen molar-refractivity contribution in [2.24, 2.45) is 0 Å². The van der Waals surface area contributed by atoms with Crippen LogP contribution in [-0.4, -0.2) is 11.0 Å². The monoisotopic (exact) mass is 276 g/mol. The molecular weight excluding hydrogens is 256 g/mol. The van der Waals surface area contributed by atoms with Gasteiger partial charge in [-0.2, -0.15) is 0 Å². The number of nitrogens with zero attached hydrogens (tertiary/aromatic N) is 1. The van der Waals surface area contributed by atoms with Crippen molar-refractivity contribution in [3.63, 3.8) is 0 Å². The zero-order valence-corrected chi connectivity index (χ0v) is 12.3. The van der Waals surface area contributed by atoms with Gasteiger partial charge in [0.1, 0.15) is 0 Å². The van der Waals surface area contributed by atoms with Gasteiger partial charge in [-0.15, -0.1) is 0 Å². The van der Waals surface area contributed by atoms with Gasteiger partial charge in [0.15, 0.2) is 0 Å². The Hall–Kier alpha value is -2.19. The van der Waals surface area contributed by atoms with Crippen molar-refractivity contribution in [1.29, 1.82) is 0 Å². The predicted octanol–water partition coefficient (Wildman–Crippen LogP) is 3.96. The van der Waals surface area contributed by atoms with Gasteiger partial charge in [0.05, 0.1) is 5.52 Å². The van der Waals surface area contributed by atoms with Crippen LogP contribution in [0.4, 0.5) is 0 Å². The SMILES string of the molecule is CC(Cc1ccccc1)NCc1ccc2ncccc2c1. The van der Waals surface area contributed by atoms with E-state index in [1.807, 2.05) is 12.3 Å². The van der Waals surface area contributed by atoms with E-state index in [-0.39, 0.29) is 0 Å². The highest BCUT2D eigenvalue weighted by molar-refractivity contribution is 5.78. The maximum absolute atomic E-state index is 4.35. The van der Waals surface area contributed by atoms with Crippen molar-refractivity contribution in [1.82, 2.24) is 10.3 Å². The first kappa shape index (κ1) is 13.8. The predicted molar refractivity (Wildman–Crippen MR) is 88.2 cm³/mol. The van der Waals surface area contributed by atoms with Crippen molar-refractivity contribution in [3.8, 4) is 0 Å². The summed E-state index contributed by atoms with van der Waals surface area (Å²) in [4.78, 5) is 4.35. The van der Waals surface area contributed by atoms with Crippen LogP contribution in [-0.2, 0) is 13.0 Å². The Bertz CT molecular complexity index is 707. The van der Waals surface area contributed by atoms with Crippen LogP contribution in [0.25, 0.3) is 10.9 Å². The Balaban J connectivity index is 1.60. The summed E-state index contributed by atoms with van der Waals surface area (Å²) in [7, 11) is 0. The molecule has 0 radical (unpaired) electrons. The van der Waals surface area contributed by atoms with Crippen molar-refractivity contribution >= 4 is 10.9 Å². The minimum absolute atomic E-state index is 0.456. The first-order chi connectivity index (χ1) is 10.3. The molecule has 0 fully saturated rings. The van der Waals surface area contributed by atoms with E-state index in [0.29, 0.717) is 6.04 Å². The third-order valence-electron chi connectivity index (χ3n) is 3.71. The largest absolute Gasteiger partial charge is 0.310 e. The van der Waals surface area contributed by atoms with E-state index in [2.05, 4.69) is 71.8 Å². The van der Waals surface area contributed by atoms with Crippen LogP contribution in [0.2, 0.25) is 0 Å². The molecule has 1 heterocycles. The highest BCUT2D eigenvalue weighted by Gasteiger charge is 2.03. The molecule has 0 bridgehead atoms. The second-order valence-corrected chi connectivity index (χ2v) is 5.50. The summed E-state index contributed by atoms with van der Waals surface area (Å²) in [6, 6.07) is 21.6. The number of hydrogen-bond donors (Lipinski definition) is 1. The summed E-state index contributed by atoms with van der Waals surface area (Å²) in [5.41, 5.74) is 3.73. The van der Waals surface area contributed by atoms with Gasteiger partial charge in [-0.05, 0) is 42.7 Å². The van der Waals surface area contributed by atoms with Gasteiger partial charge in [0.2, 0.25) is 0 Å². The number of nitrogens with one attached hydrogen (secondary N) is 1. The molecule has 0 aliphatic carbocycles. The Labute approximate surface area is 125 Å². The van der Waals surface area contributed by atoms with Gasteiger partial charge >= 0.3 is 0 Å². The zero-order valence-electron chi connectivity index (χ0n) is 12.3. The summed E-state index contributed by atoms with van der Waals surface area (Å²) < 4.78 is 0. The molecule has 2 aromatic carbocycles. The second kappa shape index (κ2) is 6.51. The van der Waals surface area contributed by atoms with E-state index in [1.54, 1.807) is 0 Å². The molecule has 1 N–H and O–H groups in total. The molecule has 0 spiro atoms. The lowest BCUT2D eigenvalue weighted by atomic mass is 10.1. The topological polar surface area (TPSA) is 24.9 Å². The van der Waals surface area contributed by atoms with Gasteiger partial charge < -0.3 is 5.32 Å². The quantitative estimate of drug-likeness (QED) is 0.763. The van der Waals surface area contributed by atoms with Crippen molar-refractivity contribution in [2.45, 2.75) is 25.9 Å². The molecule has 3 aromatic rings. The average Bonchev–Trinajstić information content (AvgIpc) is 2.54. The molecule has 1 atom stereocenters. The van der Waals surface area contributed by atoms with Crippen LogP contribution < -0.4 is 5.32 Å². The number of pyridine rings is 1. The third-order valence-corrected chi connectivity index (χ3v) is 3.71. The minimum Gasteiger partial charge on any atom is -0.310 e. The Morgan fingerprint density at radius 2 is 1.81 bits per heavy atom. The molecule has 0 aliphatic rings. The molecule has 1 unspecified atom stereocenters.